The third-order valence-electron chi connectivity index (χ3n) is 2.55. The first-order valence-electron chi connectivity index (χ1n) is 6.61. The van der Waals surface area contributed by atoms with E-state index in [-0.39, 0.29) is 5.97 Å². The number of ether oxygens (including phenoxy) is 2. The number of carbonyl (C=O) groups is 1. The van der Waals surface area contributed by atoms with Gasteiger partial charge in [-0.1, -0.05) is 6.92 Å². The van der Waals surface area contributed by atoms with E-state index < -0.39 is 0 Å². The molecule has 0 aliphatic rings. The molecule has 5 nitrogen and oxygen atoms in total. The molecule has 106 valence electrons. The van der Waals surface area contributed by atoms with Crippen molar-refractivity contribution in [3.05, 3.63) is 24.0 Å². The quantitative estimate of drug-likeness (QED) is 0.546. The first kappa shape index (κ1) is 15.4. The van der Waals surface area contributed by atoms with Crippen molar-refractivity contribution in [3.8, 4) is 5.75 Å². The molecular weight excluding hydrogens is 244 g/mol. The zero-order chi connectivity index (χ0) is 13.9. The summed E-state index contributed by atoms with van der Waals surface area (Å²) in [6.45, 7) is 4.39. The van der Waals surface area contributed by atoms with Gasteiger partial charge >= 0.3 is 5.97 Å². The maximum absolute atomic E-state index is 10.9. The van der Waals surface area contributed by atoms with Crippen LogP contribution in [0.25, 0.3) is 0 Å². The average Bonchev–Trinajstić information content (AvgIpc) is 2.45. The Kier molecular flexibility index (Phi) is 7.58. The molecule has 0 atom stereocenters. The van der Waals surface area contributed by atoms with Crippen LogP contribution in [-0.4, -0.2) is 31.2 Å². The second-order valence-electron chi connectivity index (χ2n) is 4.19. The molecule has 19 heavy (non-hydrogen) atoms. The summed E-state index contributed by atoms with van der Waals surface area (Å²) in [5, 5.41) is 3.29. The third kappa shape index (κ3) is 6.76. The fraction of sp³-hybridized carbons (Fsp3) is 0.571. The first-order valence-corrected chi connectivity index (χ1v) is 6.61. The van der Waals surface area contributed by atoms with Crippen molar-refractivity contribution in [3.63, 3.8) is 0 Å². The number of carbonyl (C=O) groups excluding carboxylic acids is 1. The van der Waals surface area contributed by atoms with Crippen molar-refractivity contribution in [1.29, 1.82) is 0 Å². The van der Waals surface area contributed by atoms with Crippen LogP contribution >= 0.6 is 0 Å². The van der Waals surface area contributed by atoms with Crippen molar-refractivity contribution < 1.29 is 14.3 Å². The van der Waals surface area contributed by atoms with E-state index in [1.807, 2.05) is 12.1 Å². The number of methoxy groups -OCH3 is 1. The Morgan fingerprint density at radius 3 is 2.89 bits per heavy atom. The lowest BCUT2D eigenvalue weighted by Crippen LogP contribution is -2.14. The molecule has 5 heteroatoms. The van der Waals surface area contributed by atoms with Crippen LogP contribution in [0, 0.1) is 0 Å². The summed E-state index contributed by atoms with van der Waals surface area (Å²) in [5.41, 5.74) is 0.996. The van der Waals surface area contributed by atoms with E-state index in [0.29, 0.717) is 19.4 Å². The lowest BCUT2D eigenvalue weighted by Gasteiger charge is -2.07. The van der Waals surface area contributed by atoms with Gasteiger partial charge in [0.25, 0.3) is 0 Å². The molecule has 0 unspecified atom stereocenters. The van der Waals surface area contributed by atoms with E-state index >= 15 is 0 Å². The van der Waals surface area contributed by atoms with E-state index in [4.69, 9.17) is 4.74 Å². The Balaban J connectivity index is 2.22. The molecule has 0 bridgehead atoms. The SMILES string of the molecule is CCCNCc1ccc(OCCCC(=O)OC)cn1. The first-order chi connectivity index (χ1) is 9.26. The maximum atomic E-state index is 10.9. The van der Waals surface area contributed by atoms with Crippen molar-refractivity contribution >= 4 is 5.97 Å². The zero-order valence-electron chi connectivity index (χ0n) is 11.6. The molecular formula is C14H22N2O3. The molecule has 0 saturated carbocycles. The van der Waals surface area contributed by atoms with Crippen LogP contribution < -0.4 is 10.1 Å². The minimum Gasteiger partial charge on any atom is -0.492 e. The molecule has 0 aromatic carbocycles. The number of nitrogens with zero attached hydrogens (tertiary/aromatic N) is 1. The molecule has 0 amide bonds. The minimum absolute atomic E-state index is 0.209. The summed E-state index contributed by atoms with van der Waals surface area (Å²) in [6.07, 6.45) is 3.85. The van der Waals surface area contributed by atoms with Gasteiger partial charge in [-0.2, -0.15) is 0 Å². The van der Waals surface area contributed by atoms with Gasteiger partial charge in [0, 0.05) is 13.0 Å². The summed E-state index contributed by atoms with van der Waals surface area (Å²) in [4.78, 5) is 15.2. The third-order valence-corrected chi connectivity index (χ3v) is 2.55. The van der Waals surface area contributed by atoms with Gasteiger partial charge in [0.15, 0.2) is 0 Å². The Labute approximate surface area is 114 Å². The highest BCUT2D eigenvalue weighted by molar-refractivity contribution is 5.68. The highest BCUT2D eigenvalue weighted by Gasteiger charge is 2.01. The van der Waals surface area contributed by atoms with Gasteiger partial charge in [-0.3, -0.25) is 9.78 Å². The standard InChI is InChI=1S/C14H22N2O3/c1-3-8-15-10-12-6-7-13(11-16-12)19-9-4-5-14(17)18-2/h6-7,11,15H,3-5,8-10H2,1-2H3. The van der Waals surface area contributed by atoms with Crippen LogP contribution in [0.5, 0.6) is 5.75 Å². The maximum Gasteiger partial charge on any atom is 0.305 e. The van der Waals surface area contributed by atoms with E-state index in [1.54, 1.807) is 6.20 Å². The smallest absolute Gasteiger partial charge is 0.305 e. The molecule has 0 aliphatic carbocycles. The van der Waals surface area contributed by atoms with Crippen LogP contribution in [0.2, 0.25) is 0 Å². The minimum atomic E-state index is -0.209. The fourth-order valence-corrected chi connectivity index (χ4v) is 1.50. The van der Waals surface area contributed by atoms with Gasteiger partial charge in [-0.25, -0.2) is 0 Å². The zero-order valence-corrected chi connectivity index (χ0v) is 11.6. The molecule has 0 saturated heterocycles. The number of esters is 1. The normalized spacial score (nSPS) is 10.2. The number of nitrogens with one attached hydrogen (secondary N) is 1. The molecule has 0 fully saturated rings. The van der Waals surface area contributed by atoms with Crippen LogP contribution in [0.15, 0.2) is 18.3 Å². The second kappa shape index (κ2) is 9.33. The summed E-state index contributed by atoms with van der Waals surface area (Å²) in [5.74, 6) is 0.517. The molecule has 1 heterocycles. The number of hydrogen-bond acceptors (Lipinski definition) is 5. The predicted molar refractivity (Wildman–Crippen MR) is 73.0 cm³/mol. The topological polar surface area (TPSA) is 60.5 Å². The highest BCUT2D eigenvalue weighted by atomic mass is 16.5. The van der Waals surface area contributed by atoms with Gasteiger partial charge in [0.2, 0.25) is 0 Å². The van der Waals surface area contributed by atoms with Gasteiger partial charge < -0.3 is 14.8 Å². The van der Waals surface area contributed by atoms with E-state index in [0.717, 1.165) is 31.0 Å². The molecule has 0 spiro atoms. The van der Waals surface area contributed by atoms with Crippen LogP contribution in [0.3, 0.4) is 0 Å². The van der Waals surface area contributed by atoms with Gasteiger partial charge in [-0.15, -0.1) is 0 Å². The Morgan fingerprint density at radius 2 is 2.26 bits per heavy atom. The number of hydrogen-bond donors (Lipinski definition) is 1. The molecule has 1 aromatic heterocycles. The molecule has 1 aromatic rings. The van der Waals surface area contributed by atoms with Crippen molar-refractivity contribution in [2.45, 2.75) is 32.7 Å². The summed E-state index contributed by atoms with van der Waals surface area (Å²) >= 11 is 0. The van der Waals surface area contributed by atoms with Crippen LogP contribution in [0.1, 0.15) is 31.9 Å². The summed E-state index contributed by atoms with van der Waals surface area (Å²) in [7, 11) is 1.39. The number of aromatic nitrogens is 1. The van der Waals surface area contributed by atoms with Gasteiger partial charge in [-0.05, 0) is 31.5 Å². The molecule has 0 aliphatic heterocycles. The van der Waals surface area contributed by atoms with Crippen molar-refractivity contribution in [1.82, 2.24) is 10.3 Å². The van der Waals surface area contributed by atoms with Gasteiger partial charge in [0.05, 0.1) is 25.6 Å². The monoisotopic (exact) mass is 266 g/mol. The van der Waals surface area contributed by atoms with Crippen LogP contribution in [-0.2, 0) is 16.1 Å². The summed E-state index contributed by atoms with van der Waals surface area (Å²) in [6, 6.07) is 3.84. The molecule has 1 rings (SSSR count). The lowest BCUT2D eigenvalue weighted by molar-refractivity contribution is -0.140. The predicted octanol–water partition coefficient (Wildman–Crippen LogP) is 1.91. The largest absolute Gasteiger partial charge is 0.492 e. The van der Waals surface area contributed by atoms with Gasteiger partial charge in [0.1, 0.15) is 5.75 Å². The van der Waals surface area contributed by atoms with Crippen molar-refractivity contribution in [2.75, 3.05) is 20.3 Å². The molecule has 0 radical (unpaired) electrons. The van der Waals surface area contributed by atoms with Crippen LogP contribution in [0.4, 0.5) is 0 Å². The van der Waals surface area contributed by atoms with E-state index in [2.05, 4.69) is 22.0 Å². The Morgan fingerprint density at radius 1 is 1.42 bits per heavy atom. The lowest BCUT2D eigenvalue weighted by atomic mass is 10.3. The average molecular weight is 266 g/mol. The number of pyridine rings is 1. The van der Waals surface area contributed by atoms with Crippen molar-refractivity contribution in [2.24, 2.45) is 0 Å². The van der Waals surface area contributed by atoms with E-state index in [9.17, 15) is 4.79 Å². The second-order valence-corrected chi connectivity index (χ2v) is 4.19. The molecule has 1 N–H and O–H groups in total. The number of rotatable bonds is 9. The van der Waals surface area contributed by atoms with E-state index in [1.165, 1.54) is 7.11 Å². The fourth-order valence-electron chi connectivity index (χ4n) is 1.50. The highest BCUT2D eigenvalue weighted by Crippen LogP contribution is 2.09. The Bertz CT molecular complexity index is 365. The Hall–Kier alpha value is -1.62. The summed E-state index contributed by atoms with van der Waals surface area (Å²) < 4.78 is 10.0.